The molecule has 2 nitrogen and oxygen atoms in total. The predicted octanol–water partition coefficient (Wildman–Crippen LogP) is 3.83. The summed E-state index contributed by atoms with van der Waals surface area (Å²) in [5.41, 5.74) is 0. The first-order valence-electron chi connectivity index (χ1n) is 8.09. The lowest BCUT2D eigenvalue weighted by atomic mass is 10.1. The van der Waals surface area contributed by atoms with Crippen molar-refractivity contribution >= 4 is 0 Å². The highest BCUT2D eigenvalue weighted by Crippen LogP contribution is 2.24. The molecule has 0 aromatic heterocycles. The molecular formula is C16H33NO. The van der Waals surface area contributed by atoms with Crippen LogP contribution in [0.3, 0.4) is 0 Å². The summed E-state index contributed by atoms with van der Waals surface area (Å²) in [5.74, 6) is 0.822. The van der Waals surface area contributed by atoms with Gasteiger partial charge in [-0.15, -0.1) is 0 Å². The normalized spacial score (nSPS) is 17.2. The average molecular weight is 255 g/mol. The van der Waals surface area contributed by atoms with Crippen LogP contribution in [-0.2, 0) is 0 Å². The van der Waals surface area contributed by atoms with Crippen LogP contribution in [0.4, 0.5) is 0 Å². The van der Waals surface area contributed by atoms with Gasteiger partial charge in [0.25, 0.3) is 0 Å². The van der Waals surface area contributed by atoms with Crippen molar-refractivity contribution in [3.8, 4) is 0 Å². The molecule has 1 fully saturated rings. The van der Waals surface area contributed by atoms with E-state index in [0.29, 0.717) is 6.61 Å². The van der Waals surface area contributed by atoms with Gasteiger partial charge in [0.2, 0.25) is 0 Å². The molecule has 0 saturated heterocycles. The van der Waals surface area contributed by atoms with Crippen molar-refractivity contribution in [1.82, 2.24) is 4.90 Å². The molecule has 18 heavy (non-hydrogen) atoms. The number of hydrogen-bond donors (Lipinski definition) is 1. The first-order chi connectivity index (χ1) is 8.74. The van der Waals surface area contributed by atoms with Crippen LogP contribution >= 0.6 is 0 Å². The summed E-state index contributed by atoms with van der Waals surface area (Å²) in [5, 5.41) is 8.78. The third-order valence-corrected chi connectivity index (χ3v) is 4.19. The van der Waals surface area contributed by atoms with E-state index >= 15 is 0 Å². The van der Waals surface area contributed by atoms with Gasteiger partial charge in [-0.3, -0.25) is 0 Å². The zero-order chi connectivity index (χ0) is 13.2. The Morgan fingerprint density at radius 3 is 2.28 bits per heavy atom. The van der Waals surface area contributed by atoms with E-state index in [1.54, 1.807) is 0 Å². The smallest absolute Gasteiger partial charge is 0.0431 e. The van der Waals surface area contributed by atoms with Gasteiger partial charge in [0, 0.05) is 12.6 Å². The van der Waals surface area contributed by atoms with Crippen molar-refractivity contribution in [2.45, 2.75) is 77.7 Å². The highest BCUT2D eigenvalue weighted by atomic mass is 16.2. The van der Waals surface area contributed by atoms with Crippen molar-refractivity contribution in [3.05, 3.63) is 0 Å². The summed E-state index contributed by atoms with van der Waals surface area (Å²) in [6.07, 6.45) is 11.8. The molecule has 2 heteroatoms. The summed E-state index contributed by atoms with van der Waals surface area (Å²) in [6.45, 7) is 7.59. The Labute approximate surface area is 114 Å². The third-order valence-electron chi connectivity index (χ3n) is 4.19. The first-order valence-corrected chi connectivity index (χ1v) is 8.09. The van der Waals surface area contributed by atoms with Crippen LogP contribution < -0.4 is 0 Å². The van der Waals surface area contributed by atoms with Gasteiger partial charge in [0.05, 0.1) is 0 Å². The SMILES string of the molecule is CC(C)CCN(CCCCCCO)C1CCCC1. The maximum atomic E-state index is 8.78. The Morgan fingerprint density at radius 2 is 1.67 bits per heavy atom. The lowest BCUT2D eigenvalue weighted by Gasteiger charge is -2.29. The summed E-state index contributed by atoms with van der Waals surface area (Å²) < 4.78 is 0. The fourth-order valence-electron chi connectivity index (χ4n) is 2.95. The van der Waals surface area contributed by atoms with Gasteiger partial charge < -0.3 is 10.0 Å². The number of hydrogen-bond acceptors (Lipinski definition) is 2. The monoisotopic (exact) mass is 255 g/mol. The molecule has 108 valence electrons. The molecule has 0 aliphatic heterocycles. The highest BCUT2D eigenvalue weighted by Gasteiger charge is 2.21. The molecule has 0 atom stereocenters. The molecule has 1 rings (SSSR count). The fraction of sp³-hybridized carbons (Fsp3) is 1.00. The lowest BCUT2D eigenvalue weighted by Crippen LogP contribution is -2.35. The molecule has 0 spiro atoms. The second-order valence-electron chi connectivity index (χ2n) is 6.29. The number of nitrogens with zero attached hydrogens (tertiary/aromatic N) is 1. The van der Waals surface area contributed by atoms with Crippen LogP contribution in [-0.4, -0.2) is 35.7 Å². The summed E-state index contributed by atoms with van der Waals surface area (Å²) in [6, 6.07) is 0.876. The van der Waals surface area contributed by atoms with E-state index in [-0.39, 0.29) is 0 Å². The first kappa shape index (κ1) is 16.0. The summed E-state index contributed by atoms with van der Waals surface area (Å²) >= 11 is 0. The van der Waals surface area contributed by atoms with Crippen LogP contribution in [0.15, 0.2) is 0 Å². The molecular weight excluding hydrogens is 222 g/mol. The number of aliphatic hydroxyl groups is 1. The van der Waals surface area contributed by atoms with Gasteiger partial charge in [0.15, 0.2) is 0 Å². The fourth-order valence-corrected chi connectivity index (χ4v) is 2.95. The minimum Gasteiger partial charge on any atom is -0.396 e. The molecule has 0 radical (unpaired) electrons. The van der Waals surface area contributed by atoms with Crippen LogP contribution in [0.2, 0.25) is 0 Å². The highest BCUT2D eigenvalue weighted by molar-refractivity contribution is 4.77. The number of rotatable bonds is 10. The molecule has 0 amide bonds. The van der Waals surface area contributed by atoms with Crippen molar-refractivity contribution in [1.29, 1.82) is 0 Å². The summed E-state index contributed by atoms with van der Waals surface area (Å²) in [4.78, 5) is 2.76. The van der Waals surface area contributed by atoms with Crippen molar-refractivity contribution in [3.63, 3.8) is 0 Å². The predicted molar refractivity (Wildman–Crippen MR) is 78.8 cm³/mol. The van der Waals surface area contributed by atoms with E-state index in [0.717, 1.165) is 18.4 Å². The molecule has 1 saturated carbocycles. The molecule has 0 bridgehead atoms. The Bertz CT molecular complexity index is 188. The molecule has 1 aliphatic rings. The van der Waals surface area contributed by atoms with Crippen LogP contribution in [0.1, 0.15) is 71.6 Å². The topological polar surface area (TPSA) is 23.5 Å². The van der Waals surface area contributed by atoms with E-state index in [9.17, 15) is 0 Å². The van der Waals surface area contributed by atoms with Crippen molar-refractivity contribution < 1.29 is 5.11 Å². The zero-order valence-corrected chi connectivity index (χ0v) is 12.5. The van der Waals surface area contributed by atoms with Crippen LogP contribution in [0.25, 0.3) is 0 Å². The Morgan fingerprint density at radius 1 is 1.00 bits per heavy atom. The van der Waals surface area contributed by atoms with Gasteiger partial charge in [-0.25, -0.2) is 0 Å². The molecule has 0 unspecified atom stereocenters. The van der Waals surface area contributed by atoms with Gasteiger partial charge >= 0.3 is 0 Å². The second kappa shape index (κ2) is 9.80. The van der Waals surface area contributed by atoms with Crippen molar-refractivity contribution in [2.24, 2.45) is 5.92 Å². The van der Waals surface area contributed by atoms with E-state index in [2.05, 4.69) is 18.7 Å². The lowest BCUT2D eigenvalue weighted by molar-refractivity contribution is 0.183. The zero-order valence-electron chi connectivity index (χ0n) is 12.5. The third kappa shape index (κ3) is 6.75. The van der Waals surface area contributed by atoms with E-state index in [1.165, 1.54) is 64.5 Å². The number of aliphatic hydroxyl groups excluding tert-OH is 1. The molecule has 1 aliphatic carbocycles. The Hall–Kier alpha value is -0.0800. The maximum Gasteiger partial charge on any atom is 0.0431 e. The Balaban J connectivity index is 2.20. The molecule has 0 aromatic carbocycles. The largest absolute Gasteiger partial charge is 0.396 e. The van der Waals surface area contributed by atoms with Gasteiger partial charge in [-0.05, 0) is 51.1 Å². The Kier molecular flexibility index (Phi) is 8.70. The van der Waals surface area contributed by atoms with Crippen LogP contribution in [0.5, 0.6) is 0 Å². The minimum absolute atomic E-state index is 0.361. The van der Waals surface area contributed by atoms with E-state index in [4.69, 9.17) is 5.11 Å². The summed E-state index contributed by atoms with van der Waals surface area (Å²) in [7, 11) is 0. The quantitative estimate of drug-likeness (QED) is 0.600. The van der Waals surface area contributed by atoms with Crippen LogP contribution in [0, 0.1) is 5.92 Å². The molecule has 0 heterocycles. The van der Waals surface area contributed by atoms with E-state index in [1.807, 2.05) is 0 Å². The van der Waals surface area contributed by atoms with Gasteiger partial charge in [-0.1, -0.05) is 39.5 Å². The van der Waals surface area contributed by atoms with Crippen molar-refractivity contribution in [2.75, 3.05) is 19.7 Å². The standard InChI is InChI=1S/C16H33NO/c1-15(2)11-13-17(16-9-5-6-10-16)12-7-3-4-8-14-18/h15-16,18H,3-14H2,1-2H3. The second-order valence-corrected chi connectivity index (χ2v) is 6.29. The van der Waals surface area contributed by atoms with Gasteiger partial charge in [0.1, 0.15) is 0 Å². The average Bonchev–Trinajstić information content (AvgIpc) is 2.86. The molecule has 0 aromatic rings. The molecule has 1 N–H and O–H groups in total. The maximum absolute atomic E-state index is 8.78. The van der Waals surface area contributed by atoms with Gasteiger partial charge in [-0.2, -0.15) is 0 Å². The minimum atomic E-state index is 0.361. The van der Waals surface area contributed by atoms with E-state index < -0.39 is 0 Å². The number of unbranched alkanes of at least 4 members (excludes halogenated alkanes) is 3.